The van der Waals surface area contributed by atoms with Crippen LogP contribution in [-0.4, -0.2) is 62.6 Å². The molecule has 6 nitrogen and oxygen atoms in total. The van der Waals surface area contributed by atoms with E-state index in [9.17, 15) is 8.42 Å². The molecule has 0 saturated carbocycles. The van der Waals surface area contributed by atoms with Crippen LogP contribution in [0.3, 0.4) is 0 Å². The number of thiophene rings is 1. The number of rotatable bonds is 6. The Labute approximate surface area is 161 Å². The summed E-state index contributed by atoms with van der Waals surface area (Å²) in [7, 11) is -3.50. The summed E-state index contributed by atoms with van der Waals surface area (Å²) in [5, 5.41) is 2.06. The zero-order chi connectivity index (χ0) is 18.7. The van der Waals surface area contributed by atoms with Crippen molar-refractivity contribution >= 4 is 21.5 Å². The Balaban J connectivity index is 1.67. The van der Waals surface area contributed by atoms with E-state index in [1.807, 2.05) is 19.9 Å². The first-order chi connectivity index (χ1) is 12.3. The molecule has 0 bridgehead atoms. The highest BCUT2D eigenvalue weighted by molar-refractivity contribution is 7.87. The molecule has 3 atom stereocenters. The molecule has 0 aromatic carbocycles. The molecule has 2 saturated heterocycles. The van der Waals surface area contributed by atoms with Crippen LogP contribution in [0.1, 0.15) is 44.5 Å². The third-order valence-electron chi connectivity index (χ3n) is 5.32. The Morgan fingerprint density at radius 2 is 1.88 bits per heavy atom. The van der Waals surface area contributed by atoms with E-state index in [1.54, 1.807) is 11.3 Å². The molecule has 2 aliphatic heterocycles. The average molecular weight is 402 g/mol. The van der Waals surface area contributed by atoms with Crippen LogP contribution in [0, 0.1) is 5.92 Å². The van der Waals surface area contributed by atoms with Crippen molar-refractivity contribution in [3.8, 4) is 0 Å². The van der Waals surface area contributed by atoms with Crippen molar-refractivity contribution < 1.29 is 13.2 Å². The average Bonchev–Trinajstić information content (AvgIpc) is 3.10. The van der Waals surface area contributed by atoms with Gasteiger partial charge in [-0.25, -0.2) is 4.72 Å². The topological polar surface area (TPSA) is 61.9 Å². The van der Waals surface area contributed by atoms with Gasteiger partial charge in [-0.05, 0) is 57.1 Å². The molecule has 3 rings (SSSR count). The Morgan fingerprint density at radius 3 is 2.46 bits per heavy atom. The highest BCUT2D eigenvalue weighted by Crippen LogP contribution is 2.29. The van der Waals surface area contributed by atoms with Crippen LogP contribution < -0.4 is 4.72 Å². The van der Waals surface area contributed by atoms with Crippen LogP contribution in [0.15, 0.2) is 17.5 Å². The van der Waals surface area contributed by atoms with E-state index in [0.29, 0.717) is 19.6 Å². The SMILES string of the molecule is CC1CCN([C@H](CNS(=O)(=O)N2C[C@H](C)O[C@@H](C)C2)c2cccs2)CC1. The third-order valence-corrected chi connectivity index (χ3v) is 7.80. The number of piperidine rings is 1. The van der Waals surface area contributed by atoms with Crippen LogP contribution in [0.4, 0.5) is 0 Å². The summed E-state index contributed by atoms with van der Waals surface area (Å²) in [5.74, 6) is 0.753. The van der Waals surface area contributed by atoms with Crippen molar-refractivity contribution in [1.29, 1.82) is 0 Å². The molecule has 0 unspecified atom stereocenters. The molecule has 0 spiro atoms. The fourth-order valence-corrected chi connectivity index (χ4v) is 6.06. The zero-order valence-corrected chi connectivity index (χ0v) is 17.6. The van der Waals surface area contributed by atoms with Crippen molar-refractivity contribution in [2.45, 2.75) is 51.9 Å². The number of hydrogen-bond acceptors (Lipinski definition) is 5. The minimum absolute atomic E-state index is 0.0769. The molecule has 148 valence electrons. The normalized spacial score (nSPS) is 28.3. The van der Waals surface area contributed by atoms with E-state index in [4.69, 9.17) is 4.74 Å². The lowest BCUT2D eigenvalue weighted by atomic mass is 9.97. The number of nitrogens with one attached hydrogen (secondary N) is 1. The first-order valence-corrected chi connectivity index (χ1v) is 11.8. The molecule has 3 heterocycles. The number of hydrogen-bond donors (Lipinski definition) is 1. The van der Waals surface area contributed by atoms with Gasteiger partial charge in [0.25, 0.3) is 10.2 Å². The molecular weight excluding hydrogens is 370 g/mol. The fourth-order valence-electron chi connectivity index (χ4n) is 3.83. The van der Waals surface area contributed by atoms with Crippen molar-refractivity contribution in [1.82, 2.24) is 13.9 Å². The lowest BCUT2D eigenvalue weighted by molar-refractivity contribution is -0.0444. The van der Waals surface area contributed by atoms with Gasteiger partial charge in [0, 0.05) is 24.5 Å². The van der Waals surface area contributed by atoms with Crippen molar-refractivity contribution in [3.05, 3.63) is 22.4 Å². The quantitative estimate of drug-likeness (QED) is 0.795. The molecule has 2 aliphatic rings. The molecule has 26 heavy (non-hydrogen) atoms. The lowest BCUT2D eigenvalue weighted by Gasteiger charge is -2.37. The smallest absolute Gasteiger partial charge is 0.279 e. The summed E-state index contributed by atoms with van der Waals surface area (Å²) in [5.41, 5.74) is 0. The zero-order valence-electron chi connectivity index (χ0n) is 15.9. The first kappa shape index (κ1) is 20.2. The van der Waals surface area contributed by atoms with Gasteiger partial charge in [0.05, 0.1) is 18.2 Å². The summed E-state index contributed by atoms with van der Waals surface area (Å²) in [4.78, 5) is 3.66. The number of ether oxygens (including phenoxy) is 1. The van der Waals surface area contributed by atoms with Gasteiger partial charge in [0.15, 0.2) is 0 Å². The monoisotopic (exact) mass is 401 g/mol. The van der Waals surface area contributed by atoms with Gasteiger partial charge >= 0.3 is 0 Å². The minimum Gasteiger partial charge on any atom is -0.373 e. The van der Waals surface area contributed by atoms with Gasteiger partial charge in [-0.3, -0.25) is 4.90 Å². The highest BCUT2D eigenvalue weighted by Gasteiger charge is 2.32. The van der Waals surface area contributed by atoms with Crippen molar-refractivity contribution in [3.63, 3.8) is 0 Å². The molecule has 0 aliphatic carbocycles. The summed E-state index contributed by atoms with van der Waals surface area (Å²) in [6, 6.07) is 4.26. The van der Waals surface area contributed by atoms with Gasteiger partial charge in [-0.2, -0.15) is 12.7 Å². The predicted octanol–water partition coefficient (Wildman–Crippen LogP) is 2.46. The van der Waals surface area contributed by atoms with Crippen LogP contribution in [0.25, 0.3) is 0 Å². The van der Waals surface area contributed by atoms with E-state index < -0.39 is 10.2 Å². The summed E-state index contributed by atoms with van der Waals surface area (Å²) < 4.78 is 35.7. The predicted molar refractivity (Wildman–Crippen MR) is 106 cm³/mol. The van der Waals surface area contributed by atoms with Crippen LogP contribution in [0.2, 0.25) is 0 Å². The molecule has 2 fully saturated rings. The Hall–Kier alpha value is -0.510. The van der Waals surface area contributed by atoms with Crippen LogP contribution >= 0.6 is 11.3 Å². The summed E-state index contributed by atoms with van der Waals surface area (Å²) in [6.45, 7) is 9.41. The molecule has 0 radical (unpaired) electrons. The Bertz CT molecular complexity index is 647. The lowest BCUT2D eigenvalue weighted by Crippen LogP contribution is -2.53. The second kappa shape index (κ2) is 8.67. The summed E-state index contributed by atoms with van der Waals surface area (Å²) >= 11 is 1.70. The largest absolute Gasteiger partial charge is 0.373 e. The van der Waals surface area contributed by atoms with E-state index in [1.165, 1.54) is 22.0 Å². The maximum absolute atomic E-state index is 12.8. The third kappa shape index (κ3) is 5.05. The molecule has 1 aromatic rings. The van der Waals surface area contributed by atoms with E-state index >= 15 is 0 Å². The van der Waals surface area contributed by atoms with E-state index in [2.05, 4.69) is 28.0 Å². The number of nitrogens with zero attached hydrogens (tertiary/aromatic N) is 2. The van der Waals surface area contributed by atoms with Crippen molar-refractivity contribution in [2.24, 2.45) is 5.92 Å². The van der Waals surface area contributed by atoms with Crippen LogP contribution in [0.5, 0.6) is 0 Å². The highest BCUT2D eigenvalue weighted by atomic mass is 32.2. The van der Waals surface area contributed by atoms with Gasteiger partial charge in [-0.15, -0.1) is 11.3 Å². The molecular formula is C18H31N3O3S2. The fraction of sp³-hybridized carbons (Fsp3) is 0.778. The molecule has 8 heteroatoms. The first-order valence-electron chi connectivity index (χ1n) is 9.53. The van der Waals surface area contributed by atoms with E-state index in [-0.39, 0.29) is 18.2 Å². The van der Waals surface area contributed by atoms with Crippen LogP contribution in [-0.2, 0) is 14.9 Å². The van der Waals surface area contributed by atoms with Gasteiger partial charge < -0.3 is 4.74 Å². The molecule has 0 amide bonds. The minimum atomic E-state index is -3.50. The molecule has 1 N–H and O–H groups in total. The van der Waals surface area contributed by atoms with Gasteiger partial charge in [0.2, 0.25) is 0 Å². The molecule has 1 aromatic heterocycles. The summed E-state index contributed by atoms with van der Waals surface area (Å²) in [6.07, 6.45) is 2.19. The van der Waals surface area contributed by atoms with Gasteiger partial charge in [-0.1, -0.05) is 13.0 Å². The second-order valence-corrected chi connectivity index (χ2v) is 10.4. The second-order valence-electron chi connectivity index (χ2n) is 7.68. The number of likely N-dealkylation sites (tertiary alicyclic amines) is 1. The van der Waals surface area contributed by atoms with Gasteiger partial charge in [0.1, 0.15) is 0 Å². The number of morpholine rings is 1. The Morgan fingerprint density at radius 1 is 1.23 bits per heavy atom. The Kier molecular flexibility index (Phi) is 6.74. The maximum Gasteiger partial charge on any atom is 0.279 e. The van der Waals surface area contributed by atoms with E-state index in [0.717, 1.165) is 19.0 Å². The van der Waals surface area contributed by atoms with Crippen molar-refractivity contribution in [2.75, 3.05) is 32.7 Å². The standard InChI is InChI=1S/C18H31N3O3S2/c1-14-6-8-20(9-7-14)17(18-5-4-10-25-18)11-19-26(22,23)21-12-15(2)24-16(3)13-21/h4-5,10,14-17,19H,6-9,11-13H2,1-3H3/t15-,16-,17+/m0/s1. The maximum atomic E-state index is 12.8.